The second-order valence-electron chi connectivity index (χ2n) is 5.80. The summed E-state index contributed by atoms with van der Waals surface area (Å²) in [4.78, 5) is 14.3. The minimum Gasteiger partial charge on any atom is -0.479 e. The number of ether oxygens (including phenoxy) is 2. The van der Waals surface area contributed by atoms with Crippen molar-refractivity contribution in [1.82, 2.24) is 4.98 Å². The number of halogens is 3. The topological polar surface area (TPSA) is 94.7 Å². The van der Waals surface area contributed by atoms with Crippen molar-refractivity contribution in [3.8, 4) is 17.4 Å². The van der Waals surface area contributed by atoms with Crippen LogP contribution in [0.15, 0.2) is 42.6 Å². The maximum absolute atomic E-state index is 12.4. The number of nitrogens with two attached hydrogens (primary N) is 1. The zero-order valence-electron chi connectivity index (χ0n) is 15.0. The second-order valence-corrected chi connectivity index (χ2v) is 5.80. The number of hydrogen-bond donors (Lipinski definition) is 2. The first-order chi connectivity index (χ1) is 12.5. The lowest BCUT2D eigenvalue weighted by molar-refractivity contribution is -0.144. The van der Waals surface area contributed by atoms with Crippen LogP contribution in [0.1, 0.15) is 26.3 Å². The van der Waals surface area contributed by atoms with Gasteiger partial charge < -0.3 is 20.3 Å². The SMILES string of the molecule is CC(C)N.CC(Oc1ccc(Oc2ccc(C(F)(F)F)cn2)cc1)C(=O)O. The Balaban J connectivity index is 0.000000828. The molecule has 0 spiro atoms. The molecular formula is C18H21F3N2O4. The van der Waals surface area contributed by atoms with E-state index < -0.39 is 23.8 Å². The number of carboxylic acids is 1. The van der Waals surface area contributed by atoms with E-state index in [1.165, 1.54) is 31.2 Å². The number of hydrogen-bond acceptors (Lipinski definition) is 5. The highest BCUT2D eigenvalue weighted by molar-refractivity contribution is 5.72. The molecule has 0 aliphatic rings. The maximum Gasteiger partial charge on any atom is 0.417 e. The van der Waals surface area contributed by atoms with Gasteiger partial charge in [0.2, 0.25) is 5.88 Å². The molecule has 0 saturated carbocycles. The molecule has 0 amide bonds. The number of aliphatic carboxylic acids is 1. The number of carboxylic acid groups (broad SMARTS) is 1. The fraction of sp³-hybridized carbons (Fsp3) is 0.333. The molecule has 1 aromatic heterocycles. The first-order valence-corrected chi connectivity index (χ1v) is 7.95. The molecule has 0 saturated heterocycles. The van der Waals surface area contributed by atoms with Gasteiger partial charge in [-0.25, -0.2) is 9.78 Å². The highest BCUT2D eigenvalue weighted by atomic mass is 19.4. The van der Waals surface area contributed by atoms with Crippen molar-refractivity contribution in [3.05, 3.63) is 48.2 Å². The Labute approximate surface area is 154 Å². The zero-order chi connectivity index (χ0) is 20.6. The van der Waals surface area contributed by atoms with E-state index in [4.69, 9.17) is 20.3 Å². The van der Waals surface area contributed by atoms with Crippen LogP contribution in [0.25, 0.3) is 0 Å². The number of alkyl halides is 3. The summed E-state index contributed by atoms with van der Waals surface area (Å²) in [6.07, 6.45) is -4.77. The van der Waals surface area contributed by atoms with E-state index in [-0.39, 0.29) is 5.88 Å². The molecular weight excluding hydrogens is 365 g/mol. The summed E-state index contributed by atoms with van der Waals surface area (Å²) in [7, 11) is 0. The number of aromatic nitrogens is 1. The van der Waals surface area contributed by atoms with Gasteiger partial charge in [-0.3, -0.25) is 0 Å². The van der Waals surface area contributed by atoms with Crippen LogP contribution in [0, 0.1) is 0 Å². The van der Waals surface area contributed by atoms with Gasteiger partial charge in [0.25, 0.3) is 0 Å². The van der Waals surface area contributed by atoms with Crippen molar-refractivity contribution >= 4 is 5.97 Å². The minimum atomic E-state index is -4.45. The van der Waals surface area contributed by atoms with E-state index in [1.807, 2.05) is 13.8 Å². The number of nitrogens with zero attached hydrogens (tertiary/aromatic N) is 1. The van der Waals surface area contributed by atoms with Crippen LogP contribution in [0.4, 0.5) is 13.2 Å². The molecule has 9 heteroatoms. The van der Waals surface area contributed by atoms with Crippen LogP contribution in [-0.4, -0.2) is 28.2 Å². The normalized spacial score (nSPS) is 12.0. The summed E-state index contributed by atoms with van der Waals surface area (Å²) in [5, 5.41) is 8.73. The molecule has 0 aliphatic heterocycles. The van der Waals surface area contributed by atoms with Crippen LogP contribution in [0.3, 0.4) is 0 Å². The van der Waals surface area contributed by atoms with E-state index in [0.29, 0.717) is 23.7 Å². The van der Waals surface area contributed by atoms with E-state index in [0.717, 1.165) is 12.1 Å². The zero-order valence-corrected chi connectivity index (χ0v) is 15.0. The summed E-state index contributed by atoms with van der Waals surface area (Å²) in [5.74, 6) is -0.440. The van der Waals surface area contributed by atoms with Crippen molar-refractivity contribution in [2.75, 3.05) is 0 Å². The standard InChI is InChI=1S/C15H12F3NO4.C3H9N/c1-9(14(20)21)22-11-3-5-12(6-4-11)23-13-7-2-10(8-19-13)15(16,17)18;1-3(2)4/h2-9H,1H3,(H,20,21);3H,4H2,1-2H3. The fourth-order valence-corrected chi connectivity index (χ4v) is 1.57. The highest BCUT2D eigenvalue weighted by Crippen LogP contribution is 2.30. The average molecular weight is 386 g/mol. The molecule has 27 heavy (non-hydrogen) atoms. The Morgan fingerprint density at radius 3 is 2.00 bits per heavy atom. The van der Waals surface area contributed by atoms with E-state index in [1.54, 1.807) is 0 Å². The number of carbonyl (C=O) groups is 1. The average Bonchev–Trinajstić information content (AvgIpc) is 2.55. The quantitative estimate of drug-likeness (QED) is 0.803. The second kappa shape index (κ2) is 9.77. The first-order valence-electron chi connectivity index (χ1n) is 7.95. The summed E-state index contributed by atoms with van der Waals surface area (Å²) in [6, 6.07) is 8.26. The summed E-state index contributed by atoms with van der Waals surface area (Å²) in [6.45, 7) is 5.28. The Kier molecular flexibility index (Phi) is 8.04. The molecule has 1 heterocycles. The maximum atomic E-state index is 12.4. The lowest BCUT2D eigenvalue weighted by atomic mass is 10.3. The van der Waals surface area contributed by atoms with Crippen LogP contribution in [0.5, 0.6) is 17.4 Å². The molecule has 6 nitrogen and oxygen atoms in total. The fourth-order valence-electron chi connectivity index (χ4n) is 1.57. The van der Waals surface area contributed by atoms with Crippen LogP contribution < -0.4 is 15.2 Å². The number of pyridine rings is 1. The Hall–Kier alpha value is -2.81. The smallest absolute Gasteiger partial charge is 0.417 e. The van der Waals surface area contributed by atoms with Crippen LogP contribution >= 0.6 is 0 Å². The predicted octanol–water partition coefficient (Wildman–Crippen LogP) is 4.10. The molecule has 0 radical (unpaired) electrons. The highest BCUT2D eigenvalue weighted by Gasteiger charge is 2.30. The van der Waals surface area contributed by atoms with Gasteiger partial charge in [0.1, 0.15) is 11.5 Å². The van der Waals surface area contributed by atoms with Gasteiger partial charge in [-0.05, 0) is 43.3 Å². The molecule has 0 bridgehead atoms. The minimum absolute atomic E-state index is 0.00516. The van der Waals surface area contributed by atoms with E-state index >= 15 is 0 Å². The van der Waals surface area contributed by atoms with Gasteiger partial charge in [0.15, 0.2) is 6.10 Å². The van der Waals surface area contributed by atoms with Crippen LogP contribution in [-0.2, 0) is 11.0 Å². The number of rotatable bonds is 5. The molecule has 0 aliphatic carbocycles. The van der Waals surface area contributed by atoms with Crippen molar-refractivity contribution in [2.45, 2.75) is 39.1 Å². The molecule has 3 N–H and O–H groups in total. The lowest BCUT2D eigenvalue weighted by Gasteiger charge is -2.11. The van der Waals surface area contributed by atoms with Gasteiger partial charge in [0.05, 0.1) is 5.56 Å². The Morgan fingerprint density at radius 1 is 1.07 bits per heavy atom. The van der Waals surface area contributed by atoms with E-state index in [9.17, 15) is 18.0 Å². The van der Waals surface area contributed by atoms with Gasteiger partial charge in [-0.2, -0.15) is 13.2 Å². The Morgan fingerprint density at radius 2 is 1.59 bits per heavy atom. The third-order valence-electron chi connectivity index (χ3n) is 2.77. The Bertz CT molecular complexity index is 714. The molecule has 0 fully saturated rings. The van der Waals surface area contributed by atoms with Gasteiger partial charge in [0, 0.05) is 12.3 Å². The third-order valence-corrected chi connectivity index (χ3v) is 2.77. The summed E-state index contributed by atoms with van der Waals surface area (Å²) in [5.41, 5.74) is 4.25. The van der Waals surface area contributed by atoms with Crippen molar-refractivity contribution in [1.29, 1.82) is 0 Å². The van der Waals surface area contributed by atoms with Crippen LogP contribution in [0.2, 0.25) is 0 Å². The van der Waals surface area contributed by atoms with Gasteiger partial charge in [-0.15, -0.1) is 0 Å². The number of benzene rings is 1. The van der Waals surface area contributed by atoms with E-state index in [2.05, 4.69) is 4.98 Å². The predicted molar refractivity (Wildman–Crippen MR) is 92.8 cm³/mol. The monoisotopic (exact) mass is 386 g/mol. The summed E-state index contributed by atoms with van der Waals surface area (Å²) < 4.78 is 47.7. The first kappa shape index (κ1) is 22.2. The molecule has 2 rings (SSSR count). The molecule has 1 aromatic carbocycles. The third kappa shape index (κ3) is 8.41. The molecule has 148 valence electrons. The van der Waals surface area contributed by atoms with Gasteiger partial charge >= 0.3 is 12.1 Å². The molecule has 2 aromatic rings. The lowest BCUT2D eigenvalue weighted by Crippen LogP contribution is -2.22. The van der Waals surface area contributed by atoms with Gasteiger partial charge in [-0.1, -0.05) is 13.8 Å². The van der Waals surface area contributed by atoms with Crippen molar-refractivity contribution in [3.63, 3.8) is 0 Å². The van der Waals surface area contributed by atoms with Crippen molar-refractivity contribution in [2.24, 2.45) is 5.73 Å². The molecule has 1 unspecified atom stereocenters. The molecule has 1 atom stereocenters. The van der Waals surface area contributed by atoms with Crippen molar-refractivity contribution < 1.29 is 32.5 Å². The summed E-state index contributed by atoms with van der Waals surface area (Å²) >= 11 is 0. The largest absolute Gasteiger partial charge is 0.479 e.